The van der Waals surface area contributed by atoms with E-state index in [1.54, 1.807) is 24.3 Å². The summed E-state index contributed by atoms with van der Waals surface area (Å²) in [7, 11) is 0. The molecule has 0 bridgehead atoms. The molecular weight excluding hydrogens is 312 g/mol. The molecule has 2 heterocycles. The summed E-state index contributed by atoms with van der Waals surface area (Å²) in [4.78, 5) is 17.0. The third kappa shape index (κ3) is 5.14. The van der Waals surface area contributed by atoms with Crippen LogP contribution in [0.1, 0.15) is 55.6 Å². The lowest BCUT2D eigenvalue weighted by Gasteiger charge is -2.21. The first-order chi connectivity index (χ1) is 11.0. The molecule has 2 rings (SSSR count). The standard InChI is InChI=1S/C16H24N4O2S/c1-5-6-7-13(16(21)19-15-8-10(2)22-20-15)17-11(3)14-9-23-12(4)18-14/h8-9,11,13,17H,5-7H2,1-4H3,(H,19,20,21). The molecule has 0 aliphatic heterocycles. The van der Waals surface area contributed by atoms with E-state index in [0.29, 0.717) is 11.6 Å². The van der Waals surface area contributed by atoms with Crippen molar-refractivity contribution in [2.75, 3.05) is 5.32 Å². The minimum absolute atomic E-state index is 0.0200. The Balaban J connectivity index is 2.01. The summed E-state index contributed by atoms with van der Waals surface area (Å²) in [5, 5.41) is 13.1. The molecule has 0 aliphatic carbocycles. The SMILES string of the molecule is CCCCC(NC(C)c1csc(C)n1)C(=O)Nc1cc(C)on1. The molecule has 2 atom stereocenters. The highest BCUT2D eigenvalue weighted by atomic mass is 32.1. The van der Waals surface area contributed by atoms with Gasteiger partial charge in [-0.05, 0) is 27.2 Å². The molecule has 0 saturated carbocycles. The van der Waals surface area contributed by atoms with Gasteiger partial charge in [-0.15, -0.1) is 11.3 Å². The van der Waals surface area contributed by atoms with Crippen LogP contribution in [-0.4, -0.2) is 22.1 Å². The second kappa shape index (κ2) is 8.21. The average molecular weight is 336 g/mol. The molecule has 23 heavy (non-hydrogen) atoms. The van der Waals surface area contributed by atoms with E-state index in [2.05, 4.69) is 27.7 Å². The van der Waals surface area contributed by atoms with Gasteiger partial charge < -0.3 is 9.84 Å². The van der Waals surface area contributed by atoms with Crippen molar-refractivity contribution in [2.24, 2.45) is 0 Å². The van der Waals surface area contributed by atoms with Crippen molar-refractivity contribution in [3.8, 4) is 0 Å². The largest absolute Gasteiger partial charge is 0.360 e. The number of hydrogen-bond donors (Lipinski definition) is 2. The van der Waals surface area contributed by atoms with Gasteiger partial charge >= 0.3 is 0 Å². The highest BCUT2D eigenvalue weighted by Gasteiger charge is 2.22. The second-order valence-electron chi connectivity index (χ2n) is 5.69. The number of carbonyl (C=O) groups excluding carboxylic acids is 1. The summed E-state index contributed by atoms with van der Waals surface area (Å²) in [6.07, 6.45) is 2.79. The fraction of sp³-hybridized carbons (Fsp3) is 0.562. The molecule has 2 aromatic rings. The van der Waals surface area contributed by atoms with E-state index in [9.17, 15) is 4.79 Å². The number of amides is 1. The zero-order chi connectivity index (χ0) is 16.8. The van der Waals surface area contributed by atoms with Crippen LogP contribution in [0.4, 0.5) is 5.82 Å². The van der Waals surface area contributed by atoms with Gasteiger partial charge in [0.25, 0.3) is 0 Å². The van der Waals surface area contributed by atoms with E-state index >= 15 is 0 Å². The quantitative estimate of drug-likeness (QED) is 0.770. The number of aryl methyl sites for hydroxylation is 2. The highest BCUT2D eigenvalue weighted by molar-refractivity contribution is 7.09. The maximum Gasteiger partial charge on any atom is 0.242 e. The molecule has 1 amide bonds. The predicted octanol–water partition coefficient (Wildman–Crippen LogP) is 3.60. The number of rotatable bonds is 8. The Morgan fingerprint density at radius 2 is 2.22 bits per heavy atom. The van der Waals surface area contributed by atoms with E-state index in [0.717, 1.165) is 30.0 Å². The molecule has 6 nitrogen and oxygen atoms in total. The molecule has 0 radical (unpaired) electrons. The predicted molar refractivity (Wildman–Crippen MR) is 91.6 cm³/mol. The molecule has 2 aromatic heterocycles. The first-order valence-corrected chi connectivity index (χ1v) is 8.79. The van der Waals surface area contributed by atoms with E-state index in [1.165, 1.54) is 0 Å². The Morgan fingerprint density at radius 3 is 2.78 bits per heavy atom. The first kappa shape index (κ1) is 17.6. The van der Waals surface area contributed by atoms with Gasteiger partial charge in [0.2, 0.25) is 5.91 Å². The van der Waals surface area contributed by atoms with Crippen molar-refractivity contribution in [3.05, 3.63) is 27.9 Å². The maximum atomic E-state index is 12.5. The zero-order valence-electron chi connectivity index (χ0n) is 14.0. The van der Waals surface area contributed by atoms with Crippen molar-refractivity contribution in [2.45, 2.75) is 59.0 Å². The molecule has 126 valence electrons. The average Bonchev–Trinajstić information content (AvgIpc) is 3.11. The van der Waals surface area contributed by atoms with E-state index in [4.69, 9.17) is 4.52 Å². The van der Waals surface area contributed by atoms with Crippen LogP contribution in [0.3, 0.4) is 0 Å². The number of nitrogens with one attached hydrogen (secondary N) is 2. The van der Waals surface area contributed by atoms with Gasteiger partial charge in [0.1, 0.15) is 5.76 Å². The van der Waals surface area contributed by atoms with Crippen molar-refractivity contribution in [1.82, 2.24) is 15.5 Å². The normalized spacial score (nSPS) is 13.7. The summed E-state index contributed by atoms with van der Waals surface area (Å²) < 4.78 is 4.99. The zero-order valence-corrected chi connectivity index (χ0v) is 14.9. The number of hydrogen-bond acceptors (Lipinski definition) is 6. The minimum Gasteiger partial charge on any atom is -0.360 e. The van der Waals surface area contributed by atoms with Crippen LogP contribution < -0.4 is 10.6 Å². The highest BCUT2D eigenvalue weighted by Crippen LogP contribution is 2.18. The molecule has 7 heteroatoms. The third-order valence-corrected chi connectivity index (χ3v) is 4.37. The lowest BCUT2D eigenvalue weighted by Crippen LogP contribution is -2.42. The molecule has 2 unspecified atom stereocenters. The third-order valence-electron chi connectivity index (χ3n) is 3.57. The Labute approximate surface area is 140 Å². The van der Waals surface area contributed by atoms with Crippen molar-refractivity contribution in [3.63, 3.8) is 0 Å². The van der Waals surface area contributed by atoms with Gasteiger partial charge in [0, 0.05) is 17.5 Å². The monoisotopic (exact) mass is 336 g/mol. The molecule has 0 aliphatic rings. The van der Waals surface area contributed by atoms with Gasteiger partial charge in [-0.1, -0.05) is 24.9 Å². The topological polar surface area (TPSA) is 80.0 Å². The second-order valence-corrected chi connectivity index (χ2v) is 6.75. The number of anilines is 1. The van der Waals surface area contributed by atoms with Crippen molar-refractivity contribution >= 4 is 23.1 Å². The summed E-state index contributed by atoms with van der Waals surface area (Å²) in [5.41, 5.74) is 0.971. The number of unbranched alkanes of at least 4 members (excludes halogenated alkanes) is 1. The van der Waals surface area contributed by atoms with Crippen LogP contribution in [0.5, 0.6) is 0 Å². The lowest BCUT2D eigenvalue weighted by atomic mass is 10.1. The van der Waals surface area contributed by atoms with E-state index < -0.39 is 0 Å². The molecule has 0 fully saturated rings. The van der Waals surface area contributed by atoms with Crippen LogP contribution in [0.15, 0.2) is 16.0 Å². The van der Waals surface area contributed by atoms with Crippen molar-refractivity contribution < 1.29 is 9.32 Å². The summed E-state index contributed by atoms with van der Waals surface area (Å²) in [6.45, 7) is 7.92. The number of aromatic nitrogens is 2. The summed E-state index contributed by atoms with van der Waals surface area (Å²) in [5.74, 6) is 1.03. The number of carbonyl (C=O) groups is 1. The van der Waals surface area contributed by atoms with Gasteiger partial charge in [0.15, 0.2) is 5.82 Å². The fourth-order valence-corrected chi connectivity index (χ4v) is 3.01. The minimum atomic E-state index is -0.288. The first-order valence-electron chi connectivity index (χ1n) is 7.91. The Hall–Kier alpha value is -1.73. The molecular formula is C16H24N4O2S. The van der Waals surface area contributed by atoms with Gasteiger partial charge in [-0.3, -0.25) is 10.1 Å². The lowest BCUT2D eigenvalue weighted by molar-refractivity contribution is -0.118. The van der Waals surface area contributed by atoms with Crippen molar-refractivity contribution in [1.29, 1.82) is 0 Å². The number of thiazole rings is 1. The smallest absolute Gasteiger partial charge is 0.242 e. The summed E-state index contributed by atoms with van der Waals surface area (Å²) in [6, 6.07) is 1.44. The fourth-order valence-electron chi connectivity index (χ4n) is 2.30. The van der Waals surface area contributed by atoms with Gasteiger partial charge in [-0.25, -0.2) is 4.98 Å². The van der Waals surface area contributed by atoms with Crippen LogP contribution in [0.2, 0.25) is 0 Å². The molecule has 0 saturated heterocycles. The van der Waals surface area contributed by atoms with Crippen LogP contribution in [0, 0.1) is 13.8 Å². The van der Waals surface area contributed by atoms with Gasteiger partial charge in [-0.2, -0.15) is 0 Å². The van der Waals surface area contributed by atoms with Crippen LogP contribution in [-0.2, 0) is 4.79 Å². The van der Waals surface area contributed by atoms with Crippen LogP contribution >= 0.6 is 11.3 Å². The van der Waals surface area contributed by atoms with E-state index in [-0.39, 0.29) is 18.0 Å². The Kier molecular flexibility index (Phi) is 6.29. The molecule has 0 aromatic carbocycles. The molecule has 2 N–H and O–H groups in total. The Bertz CT molecular complexity index is 638. The maximum absolute atomic E-state index is 12.5. The summed E-state index contributed by atoms with van der Waals surface area (Å²) >= 11 is 1.62. The van der Waals surface area contributed by atoms with Gasteiger partial charge in [0.05, 0.1) is 16.7 Å². The van der Waals surface area contributed by atoms with Crippen LogP contribution in [0.25, 0.3) is 0 Å². The number of nitrogens with zero attached hydrogens (tertiary/aromatic N) is 2. The van der Waals surface area contributed by atoms with E-state index in [1.807, 2.05) is 19.2 Å². The Morgan fingerprint density at radius 1 is 1.43 bits per heavy atom. The molecule has 0 spiro atoms.